The molecule has 0 radical (unpaired) electrons. The third-order valence-electron chi connectivity index (χ3n) is 8.20. The number of hydrogen-bond donors (Lipinski definition) is 1. The van der Waals surface area contributed by atoms with Crippen molar-refractivity contribution in [3.63, 3.8) is 0 Å². The van der Waals surface area contributed by atoms with E-state index in [0.29, 0.717) is 11.1 Å². The van der Waals surface area contributed by atoms with Crippen LogP contribution in [0.25, 0.3) is 0 Å². The first-order valence-corrected chi connectivity index (χ1v) is 19.6. The Bertz CT molecular complexity index is 1460. The van der Waals surface area contributed by atoms with E-state index in [1.54, 1.807) is 31.2 Å². The molecule has 0 saturated carbocycles. The van der Waals surface area contributed by atoms with Crippen LogP contribution in [0.4, 0.5) is 0 Å². The van der Waals surface area contributed by atoms with E-state index in [0.717, 1.165) is 0 Å². The van der Waals surface area contributed by atoms with Crippen LogP contribution in [0, 0.1) is 18.3 Å². The van der Waals surface area contributed by atoms with Crippen LogP contribution >= 0.6 is 8.53 Å². The summed E-state index contributed by atoms with van der Waals surface area (Å²) in [6.45, 7) is 20.2. The first kappa shape index (κ1) is 37.8. The van der Waals surface area contributed by atoms with Crippen molar-refractivity contribution in [1.29, 1.82) is 5.26 Å². The Balaban J connectivity index is 2.15. The number of benzene rings is 1. The Hall–Kier alpha value is -2.69. The number of hydrogen-bond acceptors (Lipinski definition) is 10. The molecule has 0 amide bonds. The second-order valence-electron chi connectivity index (χ2n) is 13.5. The van der Waals surface area contributed by atoms with Crippen LogP contribution in [0.3, 0.4) is 0 Å². The number of aromatic amines is 1. The third kappa shape index (κ3) is 9.22. The number of carbonyl (C=O) groups is 1. The second-order valence-corrected chi connectivity index (χ2v) is 19.6. The Morgan fingerprint density at radius 3 is 2.33 bits per heavy atom. The molecule has 12 nitrogen and oxygen atoms in total. The van der Waals surface area contributed by atoms with Crippen molar-refractivity contribution < 1.29 is 27.7 Å². The predicted octanol–water partition coefficient (Wildman–Crippen LogP) is 5.65. The van der Waals surface area contributed by atoms with Crippen molar-refractivity contribution in [2.75, 3.05) is 13.2 Å². The molecule has 1 aliphatic rings. The summed E-state index contributed by atoms with van der Waals surface area (Å²) in [5.74, 6) is -0.538. The number of ether oxygens (including phenoxy) is 2. The number of nitrogens with zero attached hydrogens (tertiary/aromatic N) is 3. The Morgan fingerprint density at radius 1 is 1.13 bits per heavy atom. The number of esters is 1. The van der Waals surface area contributed by atoms with E-state index in [1.165, 1.54) is 10.8 Å². The number of aromatic nitrogens is 2. The maximum Gasteiger partial charge on any atom is 0.338 e. The number of H-pyrrole nitrogens is 1. The second kappa shape index (κ2) is 15.9. The van der Waals surface area contributed by atoms with E-state index in [4.69, 9.17) is 22.9 Å². The van der Waals surface area contributed by atoms with Gasteiger partial charge in [0.25, 0.3) is 14.1 Å². The summed E-state index contributed by atoms with van der Waals surface area (Å²) in [6.07, 6.45) is -2.00. The minimum absolute atomic E-state index is 0.0184. The SMILES string of the molecule is Cc1cn([C@@H]2O[C@H](COC(=O)c3ccccc3)[C@H](OP(OCCC#N)N(C(C)C)C(C)C)C2O[Si](C)(C)C(C)(C)C)c(=O)[nH]c1=O. The molecule has 2 unspecified atom stereocenters. The molecule has 2 heterocycles. The fourth-order valence-corrected chi connectivity index (χ4v) is 7.88. The molecule has 0 spiro atoms. The zero-order chi connectivity index (χ0) is 34.4. The molecule has 0 bridgehead atoms. The molecular formula is C32H49N4O8PSi. The molecule has 1 aliphatic heterocycles. The van der Waals surface area contributed by atoms with E-state index in [9.17, 15) is 19.6 Å². The van der Waals surface area contributed by atoms with Gasteiger partial charge in [0.05, 0.1) is 24.7 Å². The summed E-state index contributed by atoms with van der Waals surface area (Å²) in [7, 11) is -4.33. The summed E-state index contributed by atoms with van der Waals surface area (Å²) in [4.78, 5) is 40.9. The molecule has 1 aromatic heterocycles. The molecule has 2 aromatic rings. The Kier molecular flexibility index (Phi) is 13.1. The molecule has 5 atom stereocenters. The zero-order valence-electron chi connectivity index (χ0n) is 28.6. The van der Waals surface area contributed by atoms with Gasteiger partial charge in [0.1, 0.15) is 24.9 Å². The molecule has 1 aromatic carbocycles. The molecule has 1 saturated heterocycles. The molecule has 254 valence electrons. The Morgan fingerprint density at radius 2 is 1.76 bits per heavy atom. The van der Waals surface area contributed by atoms with Crippen LogP contribution in [0.15, 0.2) is 46.1 Å². The lowest BCUT2D eigenvalue weighted by Crippen LogP contribution is -2.50. The van der Waals surface area contributed by atoms with Crippen molar-refractivity contribution in [3.8, 4) is 6.07 Å². The maximum atomic E-state index is 13.2. The first-order chi connectivity index (χ1) is 21.5. The topological polar surface area (TPSA) is 145 Å². The normalized spacial score (nSPS) is 21.1. The van der Waals surface area contributed by atoms with Crippen molar-refractivity contribution >= 4 is 22.8 Å². The molecule has 0 aliphatic carbocycles. The van der Waals surface area contributed by atoms with Crippen LogP contribution in [-0.2, 0) is 22.9 Å². The van der Waals surface area contributed by atoms with Gasteiger partial charge in [0.15, 0.2) is 14.5 Å². The highest BCUT2D eigenvalue weighted by Gasteiger charge is 2.54. The standard InChI is InChI=1S/C32H49N4O8PSi/c1-21(2)36(22(3)4)45(41-18-14-17-33)43-26-25(20-40-30(38)24-15-12-11-13-16-24)42-29(27(26)44-46(9,10)32(6,7)8)35-19-23(5)28(37)34-31(35)39/h11-13,15-16,19,21-22,25-27,29H,14,18,20H2,1-10H3,(H,34,37,39)/t25-,26+,27?,29-,45?/m1/s1. The van der Waals surface area contributed by atoms with Crippen molar-refractivity contribution in [2.45, 2.75) is 117 Å². The highest BCUT2D eigenvalue weighted by atomic mass is 31.2. The average molecular weight is 677 g/mol. The molecule has 3 rings (SSSR count). The van der Waals surface area contributed by atoms with Gasteiger partial charge in [-0.1, -0.05) is 39.0 Å². The number of carbonyl (C=O) groups excluding carboxylic acids is 1. The Labute approximate surface area is 274 Å². The van der Waals surface area contributed by atoms with Gasteiger partial charge in [-0.2, -0.15) is 5.26 Å². The molecule has 14 heteroatoms. The molecule has 46 heavy (non-hydrogen) atoms. The quantitative estimate of drug-likeness (QED) is 0.115. The minimum Gasteiger partial charge on any atom is -0.459 e. The van der Waals surface area contributed by atoms with Gasteiger partial charge >= 0.3 is 11.7 Å². The first-order valence-electron chi connectivity index (χ1n) is 15.6. The minimum atomic E-state index is -2.55. The summed E-state index contributed by atoms with van der Waals surface area (Å²) >= 11 is 0. The van der Waals surface area contributed by atoms with Crippen LogP contribution in [-0.4, -0.2) is 72.1 Å². The third-order valence-corrected chi connectivity index (χ3v) is 14.8. The largest absolute Gasteiger partial charge is 0.459 e. The van der Waals surface area contributed by atoms with Crippen molar-refractivity contribution in [2.24, 2.45) is 0 Å². The van der Waals surface area contributed by atoms with E-state index in [-0.39, 0.29) is 36.8 Å². The zero-order valence-corrected chi connectivity index (χ0v) is 30.5. The fourth-order valence-electron chi connectivity index (χ4n) is 4.82. The average Bonchev–Trinajstić information content (AvgIpc) is 3.28. The van der Waals surface area contributed by atoms with Gasteiger partial charge in [-0.25, -0.2) is 14.3 Å². The van der Waals surface area contributed by atoms with E-state index in [2.05, 4.69) is 49.6 Å². The lowest BCUT2D eigenvalue weighted by atomic mass is 10.1. The number of nitrogens with one attached hydrogen (secondary N) is 1. The maximum absolute atomic E-state index is 13.2. The van der Waals surface area contributed by atoms with Crippen molar-refractivity contribution in [1.82, 2.24) is 14.2 Å². The van der Waals surface area contributed by atoms with Crippen LogP contribution in [0.5, 0.6) is 0 Å². The summed E-state index contributed by atoms with van der Waals surface area (Å²) in [5.41, 5.74) is -0.465. The van der Waals surface area contributed by atoms with E-state index >= 15 is 0 Å². The fraction of sp³-hybridized carbons (Fsp3) is 0.625. The lowest BCUT2D eigenvalue weighted by molar-refractivity contribution is -0.0581. The molecule has 1 N–H and O–H groups in total. The van der Waals surface area contributed by atoms with Crippen LogP contribution in [0.2, 0.25) is 18.1 Å². The monoisotopic (exact) mass is 676 g/mol. The smallest absolute Gasteiger partial charge is 0.338 e. The van der Waals surface area contributed by atoms with E-state index in [1.807, 2.05) is 33.8 Å². The molecular weight excluding hydrogens is 627 g/mol. The van der Waals surface area contributed by atoms with Gasteiger partial charge in [-0.3, -0.25) is 14.3 Å². The number of nitriles is 1. The van der Waals surface area contributed by atoms with E-state index < -0.39 is 58.6 Å². The van der Waals surface area contributed by atoms with Gasteiger partial charge in [-0.05, 0) is 64.9 Å². The summed E-state index contributed by atoms with van der Waals surface area (Å²) < 4.78 is 35.8. The number of rotatable bonds is 14. The molecule has 1 fully saturated rings. The van der Waals surface area contributed by atoms with Gasteiger partial charge in [-0.15, -0.1) is 0 Å². The van der Waals surface area contributed by atoms with Crippen molar-refractivity contribution in [3.05, 3.63) is 68.5 Å². The van der Waals surface area contributed by atoms with Gasteiger partial charge in [0, 0.05) is 23.8 Å². The highest BCUT2D eigenvalue weighted by molar-refractivity contribution is 7.44. The van der Waals surface area contributed by atoms with Crippen LogP contribution in [0.1, 0.15) is 77.0 Å². The number of aryl methyl sites for hydroxylation is 1. The predicted molar refractivity (Wildman–Crippen MR) is 179 cm³/mol. The highest BCUT2D eigenvalue weighted by Crippen LogP contribution is 2.51. The van der Waals surface area contributed by atoms with Crippen LogP contribution < -0.4 is 11.2 Å². The summed E-state index contributed by atoms with van der Waals surface area (Å²) in [6, 6.07) is 10.8. The lowest BCUT2D eigenvalue weighted by Gasteiger charge is -2.42. The van der Waals surface area contributed by atoms with Gasteiger partial charge in [0.2, 0.25) is 0 Å². The summed E-state index contributed by atoms with van der Waals surface area (Å²) in [5, 5.41) is 9.01. The van der Waals surface area contributed by atoms with Gasteiger partial charge < -0.3 is 22.9 Å².